The molecule has 3 rings (SSSR count). The number of aromatic nitrogens is 2. The Hall–Kier alpha value is -1.45. The van der Waals surface area contributed by atoms with E-state index in [1.807, 2.05) is 6.92 Å². The number of nitrogens with zero attached hydrogens (tertiary/aromatic N) is 2. The van der Waals surface area contributed by atoms with Gasteiger partial charge >= 0.3 is 0 Å². The number of carbonyl (C=O) groups excluding carboxylic acids is 1. The summed E-state index contributed by atoms with van der Waals surface area (Å²) in [6.07, 6.45) is 1.08. The number of fused-ring (bicyclic) bond motifs is 3. The third-order valence-corrected chi connectivity index (χ3v) is 4.44. The van der Waals surface area contributed by atoms with E-state index >= 15 is 0 Å². The van der Waals surface area contributed by atoms with Crippen molar-refractivity contribution in [2.24, 2.45) is 11.3 Å². The molecule has 1 N–H and O–H groups in total. The Bertz CT molecular complexity index is 522. The van der Waals surface area contributed by atoms with Crippen molar-refractivity contribution in [1.82, 2.24) is 10.2 Å². The molecule has 17 heavy (non-hydrogen) atoms. The summed E-state index contributed by atoms with van der Waals surface area (Å²) in [6, 6.07) is 0. The number of amides is 1. The Kier molecular flexibility index (Phi) is 1.92. The smallest absolute Gasteiger partial charge is 0.222 e. The predicted octanol–water partition coefficient (Wildman–Crippen LogP) is 2.04. The van der Waals surface area contributed by atoms with E-state index in [2.05, 4.69) is 29.4 Å². The Balaban J connectivity index is 2.00. The van der Waals surface area contributed by atoms with Crippen LogP contribution in [0.3, 0.4) is 0 Å². The second-order valence-electron chi connectivity index (χ2n) is 5.83. The number of carbonyl (C=O) groups is 1. The monoisotopic (exact) mass is 231 g/mol. The van der Waals surface area contributed by atoms with E-state index in [0.29, 0.717) is 17.2 Å². The van der Waals surface area contributed by atoms with Gasteiger partial charge in [0, 0.05) is 12.8 Å². The molecule has 2 atom stereocenters. The lowest BCUT2D eigenvalue weighted by Crippen LogP contribution is -2.13. The van der Waals surface area contributed by atoms with E-state index in [0.717, 1.165) is 23.6 Å². The molecule has 0 unspecified atom stereocenters. The normalized spacial score (nSPS) is 27.3. The number of hydrogen-bond acceptors (Lipinski definition) is 3. The van der Waals surface area contributed by atoms with Crippen molar-refractivity contribution < 1.29 is 4.79 Å². The summed E-state index contributed by atoms with van der Waals surface area (Å²) in [5.74, 6) is 1.83. The second-order valence-corrected chi connectivity index (χ2v) is 5.83. The zero-order valence-electron chi connectivity index (χ0n) is 10.7. The highest BCUT2D eigenvalue weighted by molar-refractivity contribution is 5.88. The van der Waals surface area contributed by atoms with Crippen molar-refractivity contribution in [1.29, 1.82) is 0 Å². The highest BCUT2D eigenvalue weighted by atomic mass is 16.1. The average Bonchev–Trinajstić information content (AvgIpc) is 2.61. The molecule has 1 saturated carbocycles. The maximum Gasteiger partial charge on any atom is 0.222 e. The molecule has 4 nitrogen and oxygen atoms in total. The minimum Gasteiger partial charge on any atom is -0.309 e. The van der Waals surface area contributed by atoms with E-state index in [1.165, 1.54) is 12.5 Å². The van der Waals surface area contributed by atoms with Crippen LogP contribution < -0.4 is 5.32 Å². The van der Waals surface area contributed by atoms with Crippen molar-refractivity contribution in [3.63, 3.8) is 0 Å². The van der Waals surface area contributed by atoms with Gasteiger partial charge in [-0.05, 0) is 35.8 Å². The van der Waals surface area contributed by atoms with Gasteiger partial charge < -0.3 is 5.32 Å². The molecule has 2 aliphatic rings. The SMILES string of the molecule is CC(=O)Nc1nnc2c(c1C)C[C@H]1[C@@H]2C1(C)C. The molecule has 90 valence electrons. The molecule has 0 radical (unpaired) electrons. The van der Waals surface area contributed by atoms with Gasteiger partial charge in [0.15, 0.2) is 5.82 Å². The van der Waals surface area contributed by atoms with Gasteiger partial charge in [0.2, 0.25) is 5.91 Å². The van der Waals surface area contributed by atoms with Gasteiger partial charge in [0.25, 0.3) is 0 Å². The molecule has 1 fully saturated rings. The van der Waals surface area contributed by atoms with Crippen LogP contribution in [0.5, 0.6) is 0 Å². The van der Waals surface area contributed by atoms with Crippen LogP contribution in [0, 0.1) is 18.3 Å². The molecule has 2 aliphatic carbocycles. The van der Waals surface area contributed by atoms with Gasteiger partial charge in [-0.2, -0.15) is 5.10 Å². The molecule has 0 aliphatic heterocycles. The van der Waals surface area contributed by atoms with Crippen molar-refractivity contribution in [3.05, 3.63) is 16.8 Å². The van der Waals surface area contributed by atoms with Gasteiger partial charge in [0.1, 0.15) is 0 Å². The molecule has 1 aromatic heterocycles. The highest BCUT2D eigenvalue weighted by Crippen LogP contribution is 2.69. The lowest BCUT2D eigenvalue weighted by Gasteiger charge is -2.14. The summed E-state index contributed by atoms with van der Waals surface area (Å²) in [7, 11) is 0. The first kappa shape index (κ1) is 10.7. The van der Waals surface area contributed by atoms with Gasteiger partial charge in [-0.3, -0.25) is 4.79 Å². The third kappa shape index (κ3) is 1.33. The summed E-state index contributed by atoms with van der Waals surface area (Å²) in [6.45, 7) is 8.11. The summed E-state index contributed by atoms with van der Waals surface area (Å²) in [4.78, 5) is 11.1. The van der Waals surface area contributed by atoms with Crippen molar-refractivity contribution in [2.75, 3.05) is 5.32 Å². The Morgan fingerprint density at radius 3 is 2.76 bits per heavy atom. The zero-order valence-corrected chi connectivity index (χ0v) is 10.7. The van der Waals surface area contributed by atoms with Crippen LogP contribution in [0.2, 0.25) is 0 Å². The Labute approximate surface area is 101 Å². The average molecular weight is 231 g/mol. The van der Waals surface area contributed by atoms with E-state index in [1.54, 1.807) is 0 Å². The van der Waals surface area contributed by atoms with Crippen LogP contribution in [-0.2, 0) is 11.2 Å². The predicted molar refractivity (Wildman–Crippen MR) is 64.8 cm³/mol. The maximum absolute atomic E-state index is 11.1. The number of rotatable bonds is 1. The third-order valence-electron chi connectivity index (χ3n) is 4.44. The highest BCUT2D eigenvalue weighted by Gasteiger charge is 2.63. The Morgan fingerprint density at radius 2 is 2.12 bits per heavy atom. The standard InChI is InChI=1S/C13H17N3O/c1-6-8-5-9-10(13(9,3)4)11(8)15-16-12(6)14-7(2)17/h9-10H,5H2,1-4H3,(H,14,16,17)/t9-,10-/m0/s1. The van der Waals surface area contributed by atoms with Gasteiger partial charge in [0.05, 0.1) is 5.69 Å². The first-order chi connectivity index (χ1) is 7.93. The van der Waals surface area contributed by atoms with Crippen molar-refractivity contribution in [2.45, 2.75) is 40.0 Å². The molecule has 0 aromatic carbocycles. The van der Waals surface area contributed by atoms with Crippen LogP contribution >= 0.6 is 0 Å². The summed E-state index contributed by atoms with van der Waals surface area (Å²) >= 11 is 0. The lowest BCUT2D eigenvalue weighted by molar-refractivity contribution is -0.114. The number of hydrogen-bond donors (Lipinski definition) is 1. The molecular weight excluding hydrogens is 214 g/mol. The lowest BCUT2D eigenvalue weighted by atomic mass is 9.96. The summed E-state index contributed by atoms with van der Waals surface area (Å²) in [5.41, 5.74) is 3.95. The second kappa shape index (κ2) is 3.06. The fourth-order valence-electron chi connectivity index (χ4n) is 3.26. The van der Waals surface area contributed by atoms with Crippen LogP contribution in [-0.4, -0.2) is 16.1 Å². The Morgan fingerprint density at radius 1 is 1.41 bits per heavy atom. The van der Waals surface area contributed by atoms with E-state index in [4.69, 9.17) is 0 Å². The van der Waals surface area contributed by atoms with Crippen LogP contribution in [0.1, 0.15) is 43.5 Å². The summed E-state index contributed by atoms with van der Waals surface area (Å²) < 4.78 is 0. The fourth-order valence-corrected chi connectivity index (χ4v) is 3.26. The molecule has 0 saturated heterocycles. The number of anilines is 1. The molecule has 1 heterocycles. The van der Waals surface area contributed by atoms with Crippen molar-refractivity contribution in [3.8, 4) is 0 Å². The first-order valence-electron chi connectivity index (χ1n) is 6.06. The zero-order chi connectivity index (χ0) is 12.4. The van der Waals surface area contributed by atoms with Gasteiger partial charge in [-0.15, -0.1) is 5.10 Å². The van der Waals surface area contributed by atoms with Crippen molar-refractivity contribution >= 4 is 11.7 Å². The molecular formula is C13H17N3O. The van der Waals surface area contributed by atoms with Crippen LogP contribution in [0.4, 0.5) is 5.82 Å². The molecule has 0 spiro atoms. The van der Waals surface area contributed by atoms with E-state index in [9.17, 15) is 4.79 Å². The maximum atomic E-state index is 11.1. The van der Waals surface area contributed by atoms with Crippen LogP contribution in [0.15, 0.2) is 0 Å². The topological polar surface area (TPSA) is 54.9 Å². The quantitative estimate of drug-likeness (QED) is 0.804. The molecule has 0 bridgehead atoms. The van der Waals surface area contributed by atoms with Crippen LogP contribution in [0.25, 0.3) is 0 Å². The molecule has 1 amide bonds. The first-order valence-corrected chi connectivity index (χ1v) is 6.06. The van der Waals surface area contributed by atoms with Gasteiger partial charge in [-0.1, -0.05) is 13.8 Å². The largest absolute Gasteiger partial charge is 0.309 e. The number of nitrogens with one attached hydrogen (secondary N) is 1. The minimum atomic E-state index is -0.0918. The van der Waals surface area contributed by atoms with E-state index in [-0.39, 0.29) is 5.91 Å². The minimum absolute atomic E-state index is 0.0918. The fraction of sp³-hybridized carbons (Fsp3) is 0.615. The van der Waals surface area contributed by atoms with E-state index < -0.39 is 0 Å². The molecule has 4 heteroatoms. The van der Waals surface area contributed by atoms with Gasteiger partial charge in [-0.25, -0.2) is 0 Å². The summed E-state index contributed by atoms with van der Waals surface area (Å²) in [5, 5.41) is 11.2. The molecule has 1 aromatic rings.